The van der Waals surface area contributed by atoms with Gasteiger partial charge in [0.15, 0.2) is 11.5 Å². The summed E-state index contributed by atoms with van der Waals surface area (Å²) in [6.45, 7) is 6.10. The van der Waals surface area contributed by atoms with Crippen molar-refractivity contribution in [3.05, 3.63) is 64.5 Å². The standard InChI is InChI=1S/C24H23FN4O2/c1-15-9-20(25)23-26-21(14-29(23)12-15)19-10-16-4-5-17(11-22(16)31-24(19)30)28-8-7-27-6-2-3-18(27)13-28/h4-5,9-12,14,18H,2-3,6-8,13H2,1H3/t18-/m1/s1. The van der Waals surface area contributed by atoms with Crippen molar-refractivity contribution in [1.29, 1.82) is 0 Å². The molecule has 2 aliphatic rings. The summed E-state index contributed by atoms with van der Waals surface area (Å²) in [5, 5.41) is 0.826. The average molecular weight is 418 g/mol. The molecule has 1 atom stereocenters. The van der Waals surface area contributed by atoms with Crippen molar-refractivity contribution in [1.82, 2.24) is 14.3 Å². The summed E-state index contributed by atoms with van der Waals surface area (Å²) in [4.78, 5) is 22.1. The van der Waals surface area contributed by atoms with Crippen molar-refractivity contribution in [2.45, 2.75) is 25.8 Å². The Bertz CT molecular complexity index is 1380. The minimum absolute atomic E-state index is 0.196. The molecule has 6 rings (SSSR count). The lowest BCUT2D eigenvalue weighted by molar-refractivity contribution is 0.231. The summed E-state index contributed by atoms with van der Waals surface area (Å²) in [5.41, 5.74) is 2.89. The molecular formula is C24H23FN4O2. The zero-order valence-electron chi connectivity index (χ0n) is 17.3. The van der Waals surface area contributed by atoms with Crippen LogP contribution < -0.4 is 10.5 Å². The summed E-state index contributed by atoms with van der Waals surface area (Å²) >= 11 is 0. The molecule has 31 heavy (non-hydrogen) atoms. The van der Waals surface area contributed by atoms with Crippen LogP contribution in [0.15, 0.2) is 51.9 Å². The van der Waals surface area contributed by atoms with Crippen LogP contribution in [0.4, 0.5) is 10.1 Å². The molecule has 0 unspecified atom stereocenters. The predicted molar refractivity (Wildman–Crippen MR) is 118 cm³/mol. The van der Waals surface area contributed by atoms with Crippen LogP contribution >= 0.6 is 0 Å². The van der Waals surface area contributed by atoms with Gasteiger partial charge in [0.2, 0.25) is 0 Å². The van der Waals surface area contributed by atoms with Gasteiger partial charge in [-0.1, -0.05) is 0 Å². The maximum atomic E-state index is 14.2. The first kappa shape index (κ1) is 18.6. The Hall–Kier alpha value is -3.19. The number of imidazole rings is 1. The summed E-state index contributed by atoms with van der Waals surface area (Å²) in [7, 11) is 0. The first-order valence-electron chi connectivity index (χ1n) is 10.8. The Morgan fingerprint density at radius 3 is 2.94 bits per heavy atom. The normalized spacial score (nSPS) is 19.4. The molecule has 2 aliphatic heterocycles. The molecule has 1 aromatic carbocycles. The number of hydrogen-bond acceptors (Lipinski definition) is 5. The van der Waals surface area contributed by atoms with Crippen molar-refractivity contribution in [3.63, 3.8) is 0 Å². The number of aromatic nitrogens is 2. The fourth-order valence-corrected chi connectivity index (χ4v) is 5.02. The van der Waals surface area contributed by atoms with E-state index in [1.54, 1.807) is 22.9 Å². The number of hydrogen-bond donors (Lipinski definition) is 0. The summed E-state index contributed by atoms with van der Waals surface area (Å²) in [5.74, 6) is -0.413. The minimum atomic E-state index is -0.467. The lowest BCUT2D eigenvalue weighted by Gasteiger charge is -2.38. The second-order valence-electron chi connectivity index (χ2n) is 8.67. The number of benzene rings is 1. The van der Waals surface area contributed by atoms with Gasteiger partial charge in [-0.2, -0.15) is 0 Å². The highest BCUT2D eigenvalue weighted by atomic mass is 19.1. The van der Waals surface area contributed by atoms with Crippen LogP contribution in [-0.2, 0) is 0 Å². The van der Waals surface area contributed by atoms with Crippen molar-refractivity contribution >= 4 is 22.3 Å². The van der Waals surface area contributed by atoms with Gasteiger partial charge in [-0.25, -0.2) is 14.2 Å². The Morgan fingerprint density at radius 1 is 1.13 bits per heavy atom. The highest BCUT2D eigenvalue weighted by Crippen LogP contribution is 2.29. The second-order valence-corrected chi connectivity index (χ2v) is 8.67. The highest BCUT2D eigenvalue weighted by molar-refractivity contribution is 5.84. The lowest BCUT2D eigenvalue weighted by atomic mass is 10.1. The first-order chi connectivity index (χ1) is 15.0. The molecule has 0 aliphatic carbocycles. The van der Waals surface area contributed by atoms with E-state index in [1.165, 1.54) is 25.5 Å². The molecule has 7 heteroatoms. The van der Waals surface area contributed by atoms with Crippen molar-refractivity contribution in [3.8, 4) is 11.3 Å². The summed E-state index contributed by atoms with van der Waals surface area (Å²) in [6, 6.07) is 9.87. The molecule has 0 N–H and O–H groups in total. The Kier molecular flexibility index (Phi) is 4.14. The molecule has 0 bridgehead atoms. The third-order valence-corrected chi connectivity index (χ3v) is 6.59. The summed E-state index contributed by atoms with van der Waals surface area (Å²) < 4.78 is 21.5. The molecule has 0 radical (unpaired) electrons. The molecule has 6 nitrogen and oxygen atoms in total. The number of nitrogens with zero attached hydrogens (tertiary/aromatic N) is 4. The van der Waals surface area contributed by atoms with Gasteiger partial charge >= 0.3 is 5.63 Å². The predicted octanol–water partition coefficient (Wildman–Crippen LogP) is 3.84. The quantitative estimate of drug-likeness (QED) is 0.463. The molecule has 0 amide bonds. The van der Waals surface area contributed by atoms with Crippen LogP contribution in [0, 0.1) is 12.7 Å². The van der Waals surface area contributed by atoms with E-state index in [0.717, 1.165) is 36.3 Å². The molecule has 0 spiro atoms. The molecule has 158 valence electrons. The second kappa shape index (κ2) is 6.92. The van der Waals surface area contributed by atoms with Gasteiger partial charge in [0.1, 0.15) is 5.58 Å². The monoisotopic (exact) mass is 418 g/mol. The van der Waals surface area contributed by atoms with E-state index in [1.807, 2.05) is 19.1 Å². The molecule has 2 saturated heterocycles. The SMILES string of the molecule is Cc1cc(F)c2nc(-c3cc4ccc(N5CCN6CCC[C@@H]6C5)cc4oc3=O)cn2c1. The Morgan fingerprint density at radius 2 is 2.03 bits per heavy atom. The van der Waals surface area contributed by atoms with Crippen molar-refractivity contribution in [2.24, 2.45) is 0 Å². The molecule has 0 saturated carbocycles. The van der Waals surface area contributed by atoms with Gasteiger partial charge in [-0.15, -0.1) is 0 Å². The Labute approximate surface area is 178 Å². The molecule has 3 aromatic heterocycles. The number of fused-ring (bicyclic) bond motifs is 3. The van der Waals surface area contributed by atoms with Crippen LogP contribution in [0.25, 0.3) is 27.9 Å². The smallest absolute Gasteiger partial charge is 0.345 e. The largest absolute Gasteiger partial charge is 0.422 e. The van der Waals surface area contributed by atoms with Crippen LogP contribution in [0.5, 0.6) is 0 Å². The summed E-state index contributed by atoms with van der Waals surface area (Å²) in [6.07, 6.45) is 5.98. The van der Waals surface area contributed by atoms with E-state index in [4.69, 9.17) is 4.42 Å². The molecule has 4 aromatic rings. The van der Waals surface area contributed by atoms with Crippen molar-refractivity contribution in [2.75, 3.05) is 31.1 Å². The fourth-order valence-electron chi connectivity index (χ4n) is 5.02. The number of pyridine rings is 1. The van der Waals surface area contributed by atoms with E-state index in [9.17, 15) is 9.18 Å². The number of rotatable bonds is 2. The van der Waals surface area contributed by atoms with Gasteiger partial charge in [-0.05, 0) is 56.1 Å². The minimum Gasteiger partial charge on any atom is -0.422 e. The van der Waals surface area contributed by atoms with Gasteiger partial charge in [0.25, 0.3) is 0 Å². The number of halogens is 1. The van der Waals surface area contributed by atoms with Crippen LogP contribution in [0.2, 0.25) is 0 Å². The number of piperazine rings is 1. The zero-order valence-corrected chi connectivity index (χ0v) is 17.3. The number of anilines is 1. The zero-order chi connectivity index (χ0) is 21.1. The van der Waals surface area contributed by atoms with Crippen LogP contribution in [0.3, 0.4) is 0 Å². The lowest BCUT2D eigenvalue weighted by Crippen LogP contribution is -2.50. The highest BCUT2D eigenvalue weighted by Gasteiger charge is 2.30. The van der Waals surface area contributed by atoms with Crippen molar-refractivity contribution < 1.29 is 8.81 Å². The maximum absolute atomic E-state index is 14.2. The van der Waals surface area contributed by atoms with E-state index in [2.05, 4.69) is 20.9 Å². The molecule has 2 fully saturated rings. The fraction of sp³-hybridized carbons (Fsp3) is 0.333. The first-order valence-corrected chi connectivity index (χ1v) is 10.8. The molecule has 5 heterocycles. The third kappa shape index (κ3) is 3.11. The van der Waals surface area contributed by atoms with Crippen LogP contribution in [0.1, 0.15) is 18.4 Å². The van der Waals surface area contributed by atoms with Gasteiger partial charge in [0.05, 0.1) is 11.3 Å². The number of aryl methyl sites for hydroxylation is 1. The van der Waals surface area contributed by atoms with E-state index in [-0.39, 0.29) is 5.65 Å². The van der Waals surface area contributed by atoms with Gasteiger partial charge in [0, 0.05) is 55.2 Å². The van der Waals surface area contributed by atoms with E-state index >= 15 is 0 Å². The average Bonchev–Trinajstić information content (AvgIpc) is 3.39. The maximum Gasteiger partial charge on any atom is 0.345 e. The van der Waals surface area contributed by atoms with Crippen LogP contribution in [-0.4, -0.2) is 46.5 Å². The van der Waals surface area contributed by atoms with E-state index in [0.29, 0.717) is 22.9 Å². The Balaban J connectivity index is 1.37. The van der Waals surface area contributed by atoms with E-state index < -0.39 is 11.4 Å². The third-order valence-electron chi connectivity index (χ3n) is 6.59. The molecular weight excluding hydrogens is 395 g/mol. The van der Waals surface area contributed by atoms with Gasteiger partial charge < -0.3 is 13.7 Å². The topological polar surface area (TPSA) is 54.0 Å². The van der Waals surface area contributed by atoms with Gasteiger partial charge in [-0.3, -0.25) is 4.90 Å².